The van der Waals surface area contributed by atoms with E-state index in [0.717, 1.165) is 12.8 Å². The minimum atomic E-state index is -0.743. The van der Waals surface area contributed by atoms with E-state index in [1.807, 2.05) is 6.92 Å². The van der Waals surface area contributed by atoms with Crippen LogP contribution in [0.1, 0.15) is 26.7 Å². The first-order valence-corrected chi connectivity index (χ1v) is 5.70. The summed E-state index contributed by atoms with van der Waals surface area (Å²) in [4.78, 5) is 4.06. The molecule has 0 saturated heterocycles. The zero-order valence-electron chi connectivity index (χ0n) is 9.63. The fourth-order valence-electron chi connectivity index (χ4n) is 1.52. The van der Waals surface area contributed by atoms with Gasteiger partial charge in [0.15, 0.2) is 0 Å². The van der Waals surface area contributed by atoms with E-state index in [4.69, 9.17) is 17.3 Å². The Morgan fingerprint density at radius 2 is 2.25 bits per heavy atom. The predicted molar refractivity (Wildman–Crippen MR) is 67.7 cm³/mol. The highest BCUT2D eigenvalue weighted by atomic mass is 35.5. The second-order valence-electron chi connectivity index (χ2n) is 4.21. The van der Waals surface area contributed by atoms with Crippen molar-refractivity contribution in [2.75, 3.05) is 17.6 Å². The molecule has 0 aliphatic carbocycles. The lowest BCUT2D eigenvalue weighted by Gasteiger charge is -2.23. The molecule has 1 aromatic rings. The topological polar surface area (TPSA) is 71.2 Å². The van der Waals surface area contributed by atoms with E-state index in [-0.39, 0.29) is 0 Å². The SMILES string of the molecule is CCCC(C)(O)CNc1cc(N)cc(Cl)n1. The summed E-state index contributed by atoms with van der Waals surface area (Å²) < 4.78 is 0. The molecule has 5 heteroatoms. The van der Waals surface area contributed by atoms with Crippen LogP contribution in [0.25, 0.3) is 0 Å². The van der Waals surface area contributed by atoms with Gasteiger partial charge in [0.1, 0.15) is 11.0 Å². The average Bonchev–Trinajstić information content (AvgIpc) is 2.13. The minimum Gasteiger partial charge on any atom is -0.399 e. The molecule has 1 rings (SSSR count). The lowest BCUT2D eigenvalue weighted by Crippen LogP contribution is -2.33. The molecule has 90 valence electrons. The Balaban J connectivity index is 2.60. The van der Waals surface area contributed by atoms with Gasteiger partial charge in [0.2, 0.25) is 0 Å². The number of halogens is 1. The van der Waals surface area contributed by atoms with Crippen LogP contribution in [0.2, 0.25) is 5.15 Å². The van der Waals surface area contributed by atoms with Gasteiger partial charge in [0, 0.05) is 18.3 Å². The van der Waals surface area contributed by atoms with E-state index in [1.54, 1.807) is 19.1 Å². The summed E-state index contributed by atoms with van der Waals surface area (Å²) in [6.07, 6.45) is 1.66. The summed E-state index contributed by atoms with van der Waals surface area (Å²) in [5, 5.41) is 13.3. The van der Waals surface area contributed by atoms with Crippen molar-refractivity contribution in [3.05, 3.63) is 17.3 Å². The first-order valence-electron chi connectivity index (χ1n) is 5.32. The zero-order chi connectivity index (χ0) is 12.2. The highest BCUT2D eigenvalue weighted by Crippen LogP contribution is 2.18. The summed E-state index contributed by atoms with van der Waals surface area (Å²) in [5.74, 6) is 0.585. The van der Waals surface area contributed by atoms with Crippen LogP contribution < -0.4 is 11.1 Å². The maximum atomic E-state index is 9.96. The number of aromatic nitrogens is 1. The molecule has 0 aliphatic heterocycles. The van der Waals surface area contributed by atoms with E-state index < -0.39 is 5.60 Å². The smallest absolute Gasteiger partial charge is 0.133 e. The van der Waals surface area contributed by atoms with Gasteiger partial charge in [-0.1, -0.05) is 24.9 Å². The molecule has 0 amide bonds. The van der Waals surface area contributed by atoms with Gasteiger partial charge in [-0.2, -0.15) is 0 Å². The van der Waals surface area contributed by atoms with Crippen molar-refractivity contribution < 1.29 is 5.11 Å². The number of hydrogen-bond donors (Lipinski definition) is 3. The molecule has 4 N–H and O–H groups in total. The Hall–Kier alpha value is -1.00. The largest absolute Gasteiger partial charge is 0.399 e. The van der Waals surface area contributed by atoms with E-state index in [0.29, 0.717) is 23.2 Å². The molecule has 1 atom stereocenters. The zero-order valence-corrected chi connectivity index (χ0v) is 10.4. The van der Waals surface area contributed by atoms with Crippen LogP contribution in [0.3, 0.4) is 0 Å². The maximum Gasteiger partial charge on any atom is 0.133 e. The van der Waals surface area contributed by atoms with Crippen LogP contribution in [0.4, 0.5) is 11.5 Å². The quantitative estimate of drug-likeness (QED) is 0.694. The number of aliphatic hydroxyl groups is 1. The number of pyridine rings is 1. The lowest BCUT2D eigenvalue weighted by molar-refractivity contribution is 0.0636. The Kier molecular flexibility index (Phi) is 4.38. The third kappa shape index (κ3) is 4.24. The van der Waals surface area contributed by atoms with Gasteiger partial charge in [-0.15, -0.1) is 0 Å². The van der Waals surface area contributed by atoms with Gasteiger partial charge >= 0.3 is 0 Å². The number of anilines is 2. The van der Waals surface area contributed by atoms with E-state index in [2.05, 4.69) is 10.3 Å². The summed E-state index contributed by atoms with van der Waals surface area (Å²) in [7, 11) is 0. The van der Waals surface area contributed by atoms with Gasteiger partial charge in [-0.05, 0) is 19.4 Å². The maximum absolute atomic E-state index is 9.96. The average molecular weight is 244 g/mol. The number of nitrogen functional groups attached to an aromatic ring is 1. The minimum absolute atomic E-state index is 0.345. The van der Waals surface area contributed by atoms with Crippen molar-refractivity contribution in [2.45, 2.75) is 32.3 Å². The summed E-state index contributed by atoms with van der Waals surface area (Å²) >= 11 is 5.77. The fraction of sp³-hybridized carbons (Fsp3) is 0.545. The Morgan fingerprint density at radius 1 is 1.56 bits per heavy atom. The summed E-state index contributed by atoms with van der Waals surface area (Å²) in [5.41, 5.74) is 5.44. The van der Waals surface area contributed by atoms with E-state index >= 15 is 0 Å². The van der Waals surface area contributed by atoms with Crippen molar-refractivity contribution in [1.82, 2.24) is 4.98 Å². The van der Waals surface area contributed by atoms with Crippen LogP contribution in [-0.4, -0.2) is 22.2 Å². The molecule has 1 heterocycles. The molecular formula is C11H18ClN3O. The second-order valence-corrected chi connectivity index (χ2v) is 4.60. The summed E-state index contributed by atoms with van der Waals surface area (Å²) in [6, 6.07) is 3.27. The number of rotatable bonds is 5. The van der Waals surface area contributed by atoms with Gasteiger partial charge in [-0.3, -0.25) is 0 Å². The number of nitrogens with zero attached hydrogens (tertiary/aromatic N) is 1. The first kappa shape index (κ1) is 13.1. The monoisotopic (exact) mass is 243 g/mol. The summed E-state index contributed by atoms with van der Waals surface area (Å²) in [6.45, 7) is 4.25. The Bertz CT molecular complexity index is 335. The molecule has 4 nitrogen and oxygen atoms in total. The Morgan fingerprint density at radius 3 is 2.81 bits per heavy atom. The van der Waals surface area contributed by atoms with Crippen molar-refractivity contribution in [2.24, 2.45) is 0 Å². The normalized spacial score (nSPS) is 14.5. The Labute approximate surface area is 101 Å². The van der Waals surface area contributed by atoms with Crippen LogP contribution in [0.15, 0.2) is 12.1 Å². The first-order chi connectivity index (χ1) is 7.43. The molecule has 0 radical (unpaired) electrons. The molecule has 0 saturated carbocycles. The van der Waals surface area contributed by atoms with Crippen molar-refractivity contribution in [3.63, 3.8) is 0 Å². The van der Waals surface area contributed by atoms with Crippen LogP contribution in [0, 0.1) is 0 Å². The van der Waals surface area contributed by atoms with Crippen LogP contribution in [0.5, 0.6) is 0 Å². The molecule has 1 aromatic heterocycles. The fourth-order valence-corrected chi connectivity index (χ4v) is 1.73. The molecule has 0 fully saturated rings. The van der Waals surface area contributed by atoms with Crippen molar-refractivity contribution >= 4 is 23.1 Å². The molecule has 1 unspecified atom stereocenters. The predicted octanol–water partition coefficient (Wildman–Crippen LogP) is 2.28. The van der Waals surface area contributed by atoms with Gasteiger partial charge in [0.05, 0.1) is 5.60 Å². The van der Waals surface area contributed by atoms with Crippen molar-refractivity contribution in [3.8, 4) is 0 Å². The van der Waals surface area contributed by atoms with Crippen LogP contribution in [-0.2, 0) is 0 Å². The van der Waals surface area contributed by atoms with Gasteiger partial charge < -0.3 is 16.2 Å². The molecule has 0 aliphatic rings. The van der Waals surface area contributed by atoms with Gasteiger partial charge in [0.25, 0.3) is 0 Å². The molecule has 16 heavy (non-hydrogen) atoms. The van der Waals surface area contributed by atoms with E-state index in [9.17, 15) is 5.11 Å². The van der Waals surface area contributed by atoms with Crippen LogP contribution >= 0.6 is 11.6 Å². The molecular weight excluding hydrogens is 226 g/mol. The second kappa shape index (κ2) is 5.37. The number of nitrogens with one attached hydrogen (secondary N) is 1. The van der Waals surface area contributed by atoms with E-state index in [1.165, 1.54) is 0 Å². The molecule has 0 spiro atoms. The highest BCUT2D eigenvalue weighted by Gasteiger charge is 2.18. The highest BCUT2D eigenvalue weighted by molar-refractivity contribution is 6.29. The third-order valence-electron chi connectivity index (χ3n) is 2.26. The lowest BCUT2D eigenvalue weighted by atomic mass is 10.0. The molecule has 0 bridgehead atoms. The molecule has 0 aromatic carbocycles. The number of nitrogens with two attached hydrogens (primary N) is 1. The standard InChI is InChI=1S/C11H18ClN3O/c1-3-4-11(2,16)7-14-10-6-8(13)5-9(12)15-10/h5-6,16H,3-4,7H2,1-2H3,(H3,13,14,15). The van der Waals surface area contributed by atoms with Crippen molar-refractivity contribution in [1.29, 1.82) is 0 Å². The van der Waals surface area contributed by atoms with Gasteiger partial charge in [-0.25, -0.2) is 4.98 Å². The third-order valence-corrected chi connectivity index (χ3v) is 2.45. The number of hydrogen-bond acceptors (Lipinski definition) is 4.